The molecule has 2 amide bonds. The molecule has 6 rings (SSSR count). The highest BCUT2D eigenvalue weighted by atomic mass is 35.5. The van der Waals surface area contributed by atoms with Gasteiger partial charge in [-0.15, -0.1) is 0 Å². The lowest BCUT2D eigenvalue weighted by atomic mass is 9.86. The van der Waals surface area contributed by atoms with E-state index >= 15 is 0 Å². The number of amides is 2. The summed E-state index contributed by atoms with van der Waals surface area (Å²) in [6.45, 7) is 8.23. The van der Waals surface area contributed by atoms with Crippen LogP contribution < -0.4 is 25.7 Å². The second kappa shape index (κ2) is 22.1. The first-order valence-corrected chi connectivity index (χ1v) is 22.7. The van der Waals surface area contributed by atoms with Crippen molar-refractivity contribution in [2.75, 3.05) is 17.7 Å². The van der Waals surface area contributed by atoms with Gasteiger partial charge in [-0.25, -0.2) is 9.67 Å². The summed E-state index contributed by atoms with van der Waals surface area (Å²) >= 11 is 13.3. The Hall–Kier alpha value is -5.98. The second-order valence-corrected chi connectivity index (χ2v) is 17.7. The van der Waals surface area contributed by atoms with Crippen LogP contribution in [0.5, 0.6) is 17.2 Å². The minimum Gasteiger partial charge on any atom is -0.508 e. The number of unbranched alkanes of at least 4 members (excludes halogenated alkanes) is 9. The molecular formula is C50H58Cl2N6O6. The van der Waals surface area contributed by atoms with Gasteiger partial charge in [-0.1, -0.05) is 145 Å². The van der Waals surface area contributed by atoms with E-state index in [0.29, 0.717) is 35.0 Å². The van der Waals surface area contributed by atoms with E-state index in [1.54, 1.807) is 59.4 Å². The number of nitrogens with one attached hydrogen (secondary N) is 3. The number of carbonyl (C=O) groups is 2. The molecule has 1 unspecified atom stereocenters. The van der Waals surface area contributed by atoms with Crippen molar-refractivity contribution in [3.05, 3.63) is 129 Å². The van der Waals surface area contributed by atoms with Gasteiger partial charge >= 0.3 is 0 Å². The van der Waals surface area contributed by atoms with E-state index in [0.717, 1.165) is 35.9 Å². The molecule has 1 atom stereocenters. The minimum absolute atomic E-state index is 0.0380. The Labute approximate surface area is 384 Å². The molecule has 0 aliphatic carbocycles. The molecule has 2 aromatic heterocycles. The highest BCUT2D eigenvalue weighted by Gasteiger charge is 2.27. The predicted molar refractivity (Wildman–Crippen MR) is 256 cm³/mol. The first kappa shape index (κ1) is 47.5. The third-order valence-corrected chi connectivity index (χ3v) is 11.6. The van der Waals surface area contributed by atoms with E-state index in [-0.39, 0.29) is 49.9 Å². The molecular weight excluding hydrogens is 851 g/mol. The summed E-state index contributed by atoms with van der Waals surface area (Å²) < 4.78 is 14.4. The highest BCUT2D eigenvalue weighted by molar-refractivity contribution is 6.38. The fourth-order valence-corrected chi connectivity index (χ4v) is 8.25. The van der Waals surface area contributed by atoms with Crippen LogP contribution in [0.3, 0.4) is 0 Å². The zero-order valence-electron chi connectivity index (χ0n) is 37.2. The van der Waals surface area contributed by atoms with Crippen LogP contribution >= 0.6 is 23.2 Å². The van der Waals surface area contributed by atoms with Crippen LogP contribution in [0.1, 0.15) is 114 Å². The Bertz CT molecular complexity index is 2550. The van der Waals surface area contributed by atoms with Gasteiger partial charge in [0, 0.05) is 46.9 Å². The summed E-state index contributed by atoms with van der Waals surface area (Å²) in [5, 5.41) is 19.7. The number of nitrogens with zero attached hydrogens (tertiary/aromatic N) is 3. The van der Waals surface area contributed by atoms with Gasteiger partial charge in [0.1, 0.15) is 28.8 Å². The number of imidazole rings is 1. The maximum atomic E-state index is 14.4. The van der Waals surface area contributed by atoms with Gasteiger partial charge in [0.15, 0.2) is 17.6 Å². The number of aromatic amines is 1. The van der Waals surface area contributed by atoms with Gasteiger partial charge in [-0.3, -0.25) is 24.0 Å². The van der Waals surface area contributed by atoms with Crippen molar-refractivity contribution in [1.82, 2.24) is 19.3 Å². The van der Waals surface area contributed by atoms with Crippen molar-refractivity contribution in [1.29, 1.82) is 0 Å². The lowest BCUT2D eigenvalue weighted by Gasteiger charge is -2.23. The first-order chi connectivity index (χ1) is 30.8. The molecule has 0 saturated heterocycles. The first-order valence-electron chi connectivity index (χ1n) is 22.0. The number of rotatable bonds is 21. The zero-order chi connectivity index (χ0) is 45.8. The van der Waals surface area contributed by atoms with E-state index in [9.17, 15) is 19.5 Å². The number of hydrogen-bond acceptors (Lipinski definition) is 7. The Morgan fingerprint density at radius 1 is 0.812 bits per heavy atom. The van der Waals surface area contributed by atoms with Crippen molar-refractivity contribution < 1.29 is 24.2 Å². The maximum Gasteiger partial charge on any atom is 0.297 e. The molecule has 338 valence electrons. The van der Waals surface area contributed by atoms with Crippen molar-refractivity contribution >= 4 is 46.5 Å². The number of aromatic hydroxyl groups is 1. The average Bonchev–Trinajstić information content (AvgIpc) is 3.87. The van der Waals surface area contributed by atoms with Crippen molar-refractivity contribution in [3.8, 4) is 40.0 Å². The Morgan fingerprint density at radius 3 is 2.14 bits per heavy atom. The molecule has 0 spiro atoms. The van der Waals surface area contributed by atoms with Gasteiger partial charge in [0.05, 0.1) is 17.2 Å². The molecule has 0 bridgehead atoms. The fourth-order valence-electron chi connectivity index (χ4n) is 7.62. The molecule has 0 aliphatic rings. The topological polar surface area (TPSA) is 152 Å². The number of methoxy groups -OCH3 is 1. The van der Waals surface area contributed by atoms with Crippen LogP contribution in [0.15, 0.2) is 102 Å². The van der Waals surface area contributed by atoms with Crippen LogP contribution in [-0.2, 0) is 10.2 Å². The van der Waals surface area contributed by atoms with Gasteiger partial charge in [-0.2, -0.15) is 0 Å². The molecule has 64 heavy (non-hydrogen) atoms. The Kier molecular flexibility index (Phi) is 16.4. The molecule has 4 aromatic carbocycles. The molecule has 4 N–H and O–H groups in total. The summed E-state index contributed by atoms with van der Waals surface area (Å²) in [4.78, 5) is 47.1. The number of H-pyrrole nitrogens is 1. The van der Waals surface area contributed by atoms with Crippen LogP contribution in [-0.4, -0.2) is 49.5 Å². The monoisotopic (exact) mass is 908 g/mol. The Balaban J connectivity index is 1.24. The molecule has 2 heterocycles. The second-order valence-electron chi connectivity index (χ2n) is 16.9. The smallest absolute Gasteiger partial charge is 0.297 e. The highest BCUT2D eigenvalue weighted by Crippen LogP contribution is 2.36. The molecule has 14 heteroatoms. The summed E-state index contributed by atoms with van der Waals surface area (Å²) in [6.07, 6.45) is 14.4. The van der Waals surface area contributed by atoms with Crippen molar-refractivity contribution in [2.24, 2.45) is 0 Å². The summed E-state index contributed by atoms with van der Waals surface area (Å²) in [7, 11) is 1.48. The molecule has 0 aliphatic heterocycles. The number of carbonyl (C=O) groups excluding carboxylic acids is 2. The molecule has 0 saturated carbocycles. The van der Waals surface area contributed by atoms with Crippen LogP contribution in [0.25, 0.3) is 22.8 Å². The van der Waals surface area contributed by atoms with E-state index < -0.39 is 17.6 Å². The van der Waals surface area contributed by atoms with E-state index in [1.807, 2.05) is 51.1 Å². The SMILES string of the molecule is CCCCCCCCCCCCC(Oc1ccc(O)c(C(C)(C)C)c1)C(=O)Nc1cccc(C(=O)Nc2[nH]n(-c3c(Cl)cc(OC)cc3Cl)c(=O)c2-n2ccnc2-c2ccccc2)c1. The number of phenolic OH excluding ortho intramolecular Hbond substituents is 1. The van der Waals surface area contributed by atoms with Gasteiger partial charge < -0.3 is 25.2 Å². The van der Waals surface area contributed by atoms with Gasteiger partial charge in [0.2, 0.25) is 0 Å². The lowest BCUT2D eigenvalue weighted by Crippen LogP contribution is -2.33. The minimum atomic E-state index is -0.845. The fraction of sp³-hybridized carbons (Fsp3) is 0.360. The van der Waals surface area contributed by atoms with Gasteiger partial charge in [-0.05, 0) is 54.7 Å². The number of benzene rings is 4. The van der Waals surface area contributed by atoms with Crippen LogP contribution in [0, 0.1) is 0 Å². The zero-order valence-corrected chi connectivity index (χ0v) is 38.7. The summed E-state index contributed by atoms with van der Waals surface area (Å²) in [5.74, 6) is 0.578. The van der Waals surface area contributed by atoms with Crippen LogP contribution in [0.2, 0.25) is 10.0 Å². The third kappa shape index (κ3) is 12.0. The normalized spacial score (nSPS) is 11.9. The number of hydrogen-bond donors (Lipinski definition) is 4. The summed E-state index contributed by atoms with van der Waals surface area (Å²) in [5.41, 5.74) is 1.29. The lowest BCUT2D eigenvalue weighted by molar-refractivity contribution is -0.123. The van der Waals surface area contributed by atoms with Crippen LogP contribution in [0.4, 0.5) is 11.5 Å². The standard InChI is InChI=1S/C50H58Cl2N6O6/c1-6-7-8-9-10-11-12-13-14-18-24-42(64-36-25-26-41(59)38(30-36)50(2,3)4)48(61)54-35-23-19-22-34(29-35)47(60)55-45-44(57-28-27-53-46(57)33-20-16-15-17-21-33)49(62)58(56-45)43-39(51)31-37(63-5)32-40(43)52/h15-17,19-23,25-32,42,56,59H,6-14,18,24H2,1-5H3,(H,54,61)(H,55,60). The molecule has 0 radical (unpaired) electrons. The maximum absolute atomic E-state index is 14.4. The molecule has 12 nitrogen and oxygen atoms in total. The number of aromatic nitrogens is 4. The van der Waals surface area contributed by atoms with E-state index in [4.69, 9.17) is 32.7 Å². The molecule has 0 fully saturated rings. The van der Waals surface area contributed by atoms with E-state index in [1.165, 1.54) is 57.8 Å². The quantitative estimate of drug-likeness (QED) is 0.0525. The number of halogens is 2. The average molecular weight is 910 g/mol. The van der Waals surface area contributed by atoms with Crippen molar-refractivity contribution in [3.63, 3.8) is 0 Å². The number of phenols is 1. The van der Waals surface area contributed by atoms with Gasteiger partial charge in [0.25, 0.3) is 17.4 Å². The summed E-state index contributed by atoms with van der Waals surface area (Å²) in [6, 6.07) is 23.9. The van der Waals surface area contributed by atoms with E-state index in [2.05, 4.69) is 27.6 Å². The number of anilines is 2. The number of ether oxygens (including phenoxy) is 2. The third-order valence-electron chi connectivity index (χ3n) is 11.0. The Morgan fingerprint density at radius 2 is 1.48 bits per heavy atom. The largest absolute Gasteiger partial charge is 0.508 e. The van der Waals surface area contributed by atoms with Crippen molar-refractivity contribution in [2.45, 2.75) is 110 Å². The molecule has 6 aromatic rings. The predicted octanol–water partition coefficient (Wildman–Crippen LogP) is 12.3.